The molecule has 1 aliphatic carbocycles. The molecule has 1 unspecified atom stereocenters. The average Bonchev–Trinajstić information content (AvgIpc) is 3.33. The number of nitrogens with one attached hydrogen (secondary N) is 1. The Bertz CT molecular complexity index is 342. The van der Waals surface area contributed by atoms with E-state index in [4.69, 9.17) is 0 Å². The quantitative estimate of drug-likeness (QED) is 0.838. The van der Waals surface area contributed by atoms with Gasteiger partial charge in [-0.1, -0.05) is 6.92 Å². The molecule has 0 aromatic rings. The van der Waals surface area contributed by atoms with Crippen molar-refractivity contribution in [3.63, 3.8) is 0 Å². The van der Waals surface area contributed by atoms with Gasteiger partial charge in [0.15, 0.2) is 0 Å². The molecule has 0 aromatic carbocycles. The van der Waals surface area contributed by atoms with Gasteiger partial charge < -0.3 is 10.2 Å². The molecule has 2 saturated heterocycles. The third-order valence-corrected chi connectivity index (χ3v) is 5.43. The molecule has 3 fully saturated rings. The van der Waals surface area contributed by atoms with Crippen LogP contribution in [0.4, 0.5) is 0 Å². The Morgan fingerprint density at radius 3 is 2.57 bits per heavy atom. The molecule has 4 heteroatoms. The first-order valence-electron chi connectivity index (χ1n) is 8.95. The fourth-order valence-corrected chi connectivity index (χ4v) is 3.73. The first-order chi connectivity index (χ1) is 10.2. The molecule has 0 radical (unpaired) electrons. The topological polar surface area (TPSA) is 35.6 Å². The van der Waals surface area contributed by atoms with Crippen LogP contribution in [0.2, 0.25) is 0 Å². The third-order valence-electron chi connectivity index (χ3n) is 5.43. The van der Waals surface area contributed by atoms with E-state index in [0.29, 0.717) is 18.5 Å². The van der Waals surface area contributed by atoms with E-state index in [2.05, 4.69) is 22.0 Å². The van der Waals surface area contributed by atoms with Crippen LogP contribution >= 0.6 is 0 Å². The fraction of sp³-hybridized carbons (Fsp3) is 0.941. The molecule has 1 atom stereocenters. The Hall–Kier alpha value is -0.610. The lowest BCUT2D eigenvalue weighted by Crippen LogP contribution is -2.47. The molecular weight excluding hydrogens is 262 g/mol. The van der Waals surface area contributed by atoms with Crippen molar-refractivity contribution in [3.8, 4) is 0 Å². The van der Waals surface area contributed by atoms with E-state index < -0.39 is 0 Å². The van der Waals surface area contributed by atoms with Crippen LogP contribution < -0.4 is 5.32 Å². The van der Waals surface area contributed by atoms with Gasteiger partial charge in [-0.15, -0.1) is 0 Å². The summed E-state index contributed by atoms with van der Waals surface area (Å²) in [5, 5.41) is 3.50. The molecule has 4 nitrogen and oxygen atoms in total. The van der Waals surface area contributed by atoms with Gasteiger partial charge in [-0.05, 0) is 63.5 Å². The van der Waals surface area contributed by atoms with E-state index in [1.54, 1.807) is 0 Å². The van der Waals surface area contributed by atoms with Crippen molar-refractivity contribution in [3.05, 3.63) is 0 Å². The molecule has 1 N–H and O–H groups in total. The van der Waals surface area contributed by atoms with Gasteiger partial charge in [0.1, 0.15) is 0 Å². The molecule has 0 spiro atoms. The highest BCUT2D eigenvalue weighted by Gasteiger charge is 2.33. The molecule has 2 heterocycles. The number of carbonyl (C=O) groups excluding carboxylic acids is 1. The second-order valence-corrected chi connectivity index (χ2v) is 7.44. The summed E-state index contributed by atoms with van der Waals surface area (Å²) in [5.41, 5.74) is 0. The van der Waals surface area contributed by atoms with E-state index in [1.807, 2.05) is 0 Å². The molecule has 120 valence electrons. The Morgan fingerprint density at radius 2 is 1.95 bits per heavy atom. The minimum absolute atomic E-state index is 0.373. The highest BCUT2D eigenvalue weighted by Crippen LogP contribution is 2.28. The number of nitrogens with zero attached hydrogens (tertiary/aromatic N) is 2. The van der Waals surface area contributed by atoms with Crippen LogP contribution in [0.25, 0.3) is 0 Å². The number of carbonyl (C=O) groups is 1. The summed E-state index contributed by atoms with van der Waals surface area (Å²) in [4.78, 5) is 17.1. The monoisotopic (exact) mass is 293 g/mol. The molecule has 0 aromatic heterocycles. The molecular formula is C17H31N3O. The maximum atomic E-state index is 12.6. The van der Waals surface area contributed by atoms with Crippen molar-refractivity contribution >= 4 is 5.91 Å². The highest BCUT2D eigenvalue weighted by molar-refractivity contribution is 5.78. The molecule has 2 aliphatic heterocycles. The predicted octanol–water partition coefficient (Wildman–Crippen LogP) is 1.71. The zero-order chi connectivity index (χ0) is 14.7. The normalized spacial score (nSPS) is 28.1. The highest BCUT2D eigenvalue weighted by atomic mass is 16.2. The maximum Gasteiger partial charge on any atom is 0.236 e. The summed E-state index contributed by atoms with van der Waals surface area (Å²) >= 11 is 0. The summed E-state index contributed by atoms with van der Waals surface area (Å²) in [6.07, 6.45) is 7.57. The Labute approximate surface area is 129 Å². The molecule has 0 bridgehead atoms. The molecule has 3 rings (SSSR count). The van der Waals surface area contributed by atoms with Gasteiger partial charge in [-0.25, -0.2) is 0 Å². The second kappa shape index (κ2) is 7.10. The molecule has 1 amide bonds. The summed E-state index contributed by atoms with van der Waals surface area (Å²) in [6, 6.07) is 0.694. The van der Waals surface area contributed by atoms with Crippen LogP contribution in [0.1, 0.15) is 45.4 Å². The average molecular weight is 293 g/mol. The van der Waals surface area contributed by atoms with Gasteiger partial charge in [0.2, 0.25) is 5.91 Å². The number of likely N-dealkylation sites (tertiary alicyclic amines) is 1. The van der Waals surface area contributed by atoms with Gasteiger partial charge in [0.05, 0.1) is 6.54 Å². The van der Waals surface area contributed by atoms with E-state index in [9.17, 15) is 4.79 Å². The summed E-state index contributed by atoms with van der Waals surface area (Å²) in [5.74, 6) is 1.91. The van der Waals surface area contributed by atoms with Gasteiger partial charge in [-0.2, -0.15) is 0 Å². The first kappa shape index (κ1) is 15.3. The summed E-state index contributed by atoms with van der Waals surface area (Å²) < 4.78 is 0. The maximum absolute atomic E-state index is 12.6. The van der Waals surface area contributed by atoms with Crippen LogP contribution in [-0.4, -0.2) is 61.0 Å². The van der Waals surface area contributed by atoms with E-state index in [-0.39, 0.29) is 0 Å². The fourth-order valence-electron chi connectivity index (χ4n) is 3.73. The third kappa shape index (κ3) is 4.43. The van der Waals surface area contributed by atoms with E-state index in [1.165, 1.54) is 45.1 Å². The van der Waals surface area contributed by atoms with Gasteiger partial charge in [-0.3, -0.25) is 9.69 Å². The van der Waals surface area contributed by atoms with Crippen molar-refractivity contribution in [2.24, 2.45) is 11.8 Å². The smallest absolute Gasteiger partial charge is 0.236 e. The van der Waals surface area contributed by atoms with Crippen molar-refractivity contribution in [1.29, 1.82) is 0 Å². The van der Waals surface area contributed by atoms with Crippen molar-refractivity contribution in [2.75, 3.05) is 39.3 Å². The van der Waals surface area contributed by atoms with Gasteiger partial charge >= 0.3 is 0 Å². The lowest BCUT2D eigenvalue weighted by Gasteiger charge is -2.34. The van der Waals surface area contributed by atoms with E-state index in [0.717, 1.165) is 38.0 Å². The number of hydrogen-bond donors (Lipinski definition) is 1. The van der Waals surface area contributed by atoms with Crippen LogP contribution in [0, 0.1) is 11.8 Å². The zero-order valence-corrected chi connectivity index (χ0v) is 13.5. The standard InChI is InChI=1S/C17H31N3O/c1-14-6-9-19(10-7-14)17(21)13-20(16-4-5-16)12-15-3-2-8-18-11-15/h14-16,18H,2-13H2,1H3. The number of piperidine rings is 2. The lowest BCUT2D eigenvalue weighted by molar-refractivity contribution is -0.134. The largest absolute Gasteiger partial charge is 0.342 e. The molecule has 1 saturated carbocycles. The summed E-state index contributed by atoms with van der Waals surface area (Å²) in [6.45, 7) is 8.34. The van der Waals surface area contributed by atoms with Gasteiger partial charge in [0, 0.05) is 25.7 Å². The predicted molar refractivity (Wildman–Crippen MR) is 85.2 cm³/mol. The lowest BCUT2D eigenvalue weighted by atomic mass is 9.98. The molecule has 21 heavy (non-hydrogen) atoms. The number of amides is 1. The Kier molecular flexibility index (Phi) is 5.17. The second-order valence-electron chi connectivity index (χ2n) is 7.44. The minimum atomic E-state index is 0.373. The van der Waals surface area contributed by atoms with Crippen molar-refractivity contribution < 1.29 is 4.79 Å². The summed E-state index contributed by atoms with van der Waals surface area (Å²) in [7, 11) is 0. The molecule has 3 aliphatic rings. The van der Waals surface area contributed by atoms with Crippen LogP contribution in [0.3, 0.4) is 0 Å². The van der Waals surface area contributed by atoms with Crippen LogP contribution in [-0.2, 0) is 4.79 Å². The first-order valence-corrected chi connectivity index (χ1v) is 8.95. The van der Waals surface area contributed by atoms with E-state index >= 15 is 0 Å². The van der Waals surface area contributed by atoms with Crippen LogP contribution in [0.5, 0.6) is 0 Å². The van der Waals surface area contributed by atoms with Crippen molar-refractivity contribution in [2.45, 2.75) is 51.5 Å². The van der Waals surface area contributed by atoms with Crippen LogP contribution in [0.15, 0.2) is 0 Å². The SMILES string of the molecule is CC1CCN(C(=O)CN(CC2CCCNC2)C2CC2)CC1. The Balaban J connectivity index is 1.48. The zero-order valence-electron chi connectivity index (χ0n) is 13.5. The number of hydrogen-bond acceptors (Lipinski definition) is 3. The minimum Gasteiger partial charge on any atom is -0.342 e. The van der Waals surface area contributed by atoms with Gasteiger partial charge in [0.25, 0.3) is 0 Å². The Morgan fingerprint density at radius 1 is 1.19 bits per heavy atom. The number of rotatable bonds is 5. The van der Waals surface area contributed by atoms with Crippen molar-refractivity contribution in [1.82, 2.24) is 15.1 Å².